The first kappa shape index (κ1) is 16.9. The van der Waals surface area contributed by atoms with Crippen LogP contribution in [0.4, 0.5) is 0 Å². The highest BCUT2D eigenvalue weighted by Crippen LogP contribution is 2.21. The zero-order valence-electron chi connectivity index (χ0n) is 12.4. The molecule has 0 saturated carbocycles. The van der Waals surface area contributed by atoms with Crippen molar-refractivity contribution in [2.75, 3.05) is 19.4 Å². The Bertz CT molecular complexity index is 416. The van der Waals surface area contributed by atoms with Crippen LogP contribution in [0.15, 0.2) is 29.2 Å². The lowest BCUT2D eigenvalue weighted by molar-refractivity contribution is -0.118. The molecule has 0 atom stereocenters. The summed E-state index contributed by atoms with van der Waals surface area (Å²) >= 11 is 1.51. The quantitative estimate of drug-likeness (QED) is 0.723. The van der Waals surface area contributed by atoms with E-state index in [2.05, 4.69) is 5.32 Å². The van der Waals surface area contributed by atoms with Gasteiger partial charge in [0.15, 0.2) is 0 Å². The Hall–Kier alpha value is -1.20. The van der Waals surface area contributed by atoms with Gasteiger partial charge in [-0.05, 0) is 37.1 Å². The Morgan fingerprint density at radius 1 is 1.30 bits per heavy atom. The number of methoxy groups -OCH3 is 1. The second-order valence-electron chi connectivity index (χ2n) is 4.81. The first-order valence-electron chi connectivity index (χ1n) is 6.85. The molecule has 0 unspecified atom stereocenters. The predicted molar refractivity (Wildman–Crippen MR) is 84.2 cm³/mol. The molecule has 0 radical (unpaired) electrons. The predicted octanol–water partition coefficient (Wildman–Crippen LogP) is 2.42. The highest BCUT2D eigenvalue weighted by atomic mass is 32.2. The number of rotatable bonds is 8. The smallest absolute Gasteiger partial charge is 0.230 e. The molecule has 0 bridgehead atoms. The van der Waals surface area contributed by atoms with Crippen molar-refractivity contribution in [1.29, 1.82) is 0 Å². The highest BCUT2D eigenvalue weighted by molar-refractivity contribution is 8.00. The molecule has 0 fully saturated rings. The summed E-state index contributed by atoms with van der Waals surface area (Å²) in [5.41, 5.74) is 5.86. The van der Waals surface area contributed by atoms with E-state index in [1.54, 1.807) is 7.11 Å². The monoisotopic (exact) mass is 296 g/mol. The van der Waals surface area contributed by atoms with E-state index in [0.29, 0.717) is 12.3 Å². The molecule has 1 aromatic carbocycles. The van der Waals surface area contributed by atoms with Gasteiger partial charge in [0.2, 0.25) is 5.91 Å². The molecule has 20 heavy (non-hydrogen) atoms. The van der Waals surface area contributed by atoms with Gasteiger partial charge in [-0.15, -0.1) is 11.8 Å². The Morgan fingerprint density at radius 3 is 2.40 bits per heavy atom. The summed E-state index contributed by atoms with van der Waals surface area (Å²) in [6.45, 7) is 4.62. The molecule has 0 heterocycles. The van der Waals surface area contributed by atoms with Crippen molar-refractivity contribution in [3.05, 3.63) is 24.3 Å². The van der Waals surface area contributed by atoms with E-state index >= 15 is 0 Å². The summed E-state index contributed by atoms with van der Waals surface area (Å²) in [4.78, 5) is 12.9. The minimum absolute atomic E-state index is 0.0162. The molecule has 1 amide bonds. The fourth-order valence-electron chi connectivity index (χ4n) is 1.65. The Balaban J connectivity index is 2.35. The van der Waals surface area contributed by atoms with Gasteiger partial charge in [-0.1, -0.05) is 13.8 Å². The third kappa shape index (κ3) is 5.43. The summed E-state index contributed by atoms with van der Waals surface area (Å²) < 4.78 is 5.09. The topological polar surface area (TPSA) is 64.3 Å². The normalized spacial score (nSPS) is 11.2. The van der Waals surface area contributed by atoms with Gasteiger partial charge in [-0.25, -0.2) is 0 Å². The van der Waals surface area contributed by atoms with Gasteiger partial charge < -0.3 is 15.8 Å². The van der Waals surface area contributed by atoms with E-state index in [-0.39, 0.29) is 11.4 Å². The first-order valence-corrected chi connectivity index (χ1v) is 7.84. The number of thioether (sulfide) groups is 1. The number of hydrogen-bond donors (Lipinski definition) is 2. The molecule has 4 nitrogen and oxygen atoms in total. The number of amides is 1. The van der Waals surface area contributed by atoms with Crippen LogP contribution in [0.5, 0.6) is 5.75 Å². The minimum atomic E-state index is -0.291. The van der Waals surface area contributed by atoms with Crippen LogP contribution in [0.2, 0.25) is 0 Å². The summed E-state index contributed by atoms with van der Waals surface area (Å²) in [5, 5.41) is 2.91. The van der Waals surface area contributed by atoms with Gasteiger partial charge in [-0.3, -0.25) is 4.79 Å². The van der Waals surface area contributed by atoms with Crippen molar-refractivity contribution in [3.63, 3.8) is 0 Å². The zero-order chi connectivity index (χ0) is 15.0. The third-order valence-corrected chi connectivity index (χ3v) is 4.49. The maximum atomic E-state index is 11.8. The Kier molecular flexibility index (Phi) is 6.88. The maximum absolute atomic E-state index is 11.8. The van der Waals surface area contributed by atoms with E-state index in [1.165, 1.54) is 11.8 Å². The number of benzene rings is 1. The average Bonchev–Trinajstić information content (AvgIpc) is 2.51. The number of nitrogens with one attached hydrogen (secondary N) is 1. The average molecular weight is 296 g/mol. The van der Waals surface area contributed by atoms with E-state index < -0.39 is 0 Å². The maximum Gasteiger partial charge on any atom is 0.230 e. The molecule has 5 heteroatoms. The lowest BCUT2D eigenvalue weighted by atomic mass is 9.94. The standard InChI is InChI=1S/C15H24N2O2S/c1-4-15(16,5-2)11-17-14(18)10-20-13-8-6-12(19-3)7-9-13/h6-9H,4-5,10-11,16H2,1-3H3,(H,17,18). The van der Waals surface area contributed by atoms with Gasteiger partial charge >= 0.3 is 0 Å². The van der Waals surface area contributed by atoms with E-state index in [9.17, 15) is 4.79 Å². The number of carbonyl (C=O) groups excluding carboxylic acids is 1. The van der Waals surface area contributed by atoms with Crippen molar-refractivity contribution in [2.24, 2.45) is 5.73 Å². The fraction of sp³-hybridized carbons (Fsp3) is 0.533. The molecule has 0 aliphatic heterocycles. The van der Waals surface area contributed by atoms with E-state index in [4.69, 9.17) is 10.5 Å². The summed E-state index contributed by atoms with van der Waals surface area (Å²) in [6.07, 6.45) is 1.71. The third-order valence-electron chi connectivity index (χ3n) is 3.48. The lowest BCUT2D eigenvalue weighted by Gasteiger charge is -2.26. The lowest BCUT2D eigenvalue weighted by Crippen LogP contribution is -2.49. The molecule has 1 rings (SSSR count). The number of hydrogen-bond acceptors (Lipinski definition) is 4. The molecule has 0 spiro atoms. The molecule has 1 aromatic rings. The second kappa shape index (κ2) is 8.17. The molecule has 3 N–H and O–H groups in total. The van der Waals surface area contributed by atoms with Gasteiger partial charge in [0, 0.05) is 17.0 Å². The molecule has 0 saturated heterocycles. The van der Waals surface area contributed by atoms with Crippen LogP contribution >= 0.6 is 11.8 Å². The number of ether oxygens (including phenoxy) is 1. The minimum Gasteiger partial charge on any atom is -0.497 e. The SMILES string of the molecule is CCC(N)(CC)CNC(=O)CSc1ccc(OC)cc1. The van der Waals surface area contributed by atoms with E-state index in [1.807, 2.05) is 38.1 Å². The molecule has 0 aliphatic carbocycles. The van der Waals surface area contributed by atoms with Crippen LogP contribution in [0, 0.1) is 0 Å². The van der Waals surface area contributed by atoms with Crippen LogP contribution < -0.4 is 15.8 Å². The van der Waals surface area contributed by atoms with Crippen molar-refractivity contribution < 1.29 is 9.53 Å². The largest absolute Gasteiger partial charge is 0.497 e. The van der Waals surface area contributed by atoms with Crippen molar-refractivity contribution in [2.45, 2.75) is 37.1 Å². The molecule has 112 valence electrons. The number of carbonyl (C=O) groups is 1. The molecule has 0 aliphatic rings. The Labute approximate surface area is 125 Å². The van der Waals surface area contributed by atoms with Gasteiger partial charge in [0.25, 0.3) is 0 Å². The van der Waals surface area contributed by atoms with Crippen LogP contribution in [0.3, 0.4) is 0 Å². The first-order chi connectivity index (χ1) is 9.53. The van der Waals surface area contributed by atoms with Gasteiger partial charge in [0.1, 0.15) is 5.75 Å². The van der Waals surface area contributed by atoms with Crippen molar-refractivity contribution >= 4 is 17.7 Å². The van der Waals surface area contributed by atoms with Crippen molar-refractivity contribution in [1.82, 2.24) is 5.32 Å². The van der Waals surface area contributed by atoms with Crippen LogP contribution in [-0.2, 0) is 4.79 Å². The summed E-state index contributed by atoms with van der Waals surface area (Å²) in [7, 11) is 1.64. The van der Waals surface area contributed by atoms with Crippen LogP contribution in [0.1, 0.15) is 26.7 Å². The highest BCUT2D eigenvalue weighted by Gasteiger charge is 2.20. The zero-order valence-corrected chi connectivity index (χ0v) is 13.3. The van der Waals surface area contributed by atoms with E-state index in [0.717, 1.165) is 23.5 Å². The number of nitrogens with two attached hydrogens (primary N) is 1. The second-order valence-corrected chi connectivity index (χ2v) is 5.86. The van der Waals surface area contributed by atoms with Gasteiger partial charge in [-0.2, -0.15) is 0 Å². The Morgan fingerprint density at radius 2 is 1.90 bits per heavy atom. The van der Waals surface area contributed by atoms with Crippen molar-refractivity contribution in [3.8, 4) is 5.75 Å². The molecule has 0 aromatic heterocycles. The fourth-order valence-corrected chi connectivity index (χ4v) is 2.37. The van der Waals surface area contributed by atoms with Crippen LogP contribution in [0.25, 0.3) is 0 Å². The molecular weight excluding hydrogens is 272 g/mol. The van der Waals surface area contributed by atoms with Gasteiger partial charge in [0.05, 0.1) is 12.9 Å². The molecular formula is C15H24N2O2S. The van der Waals surface area contributed by atoms with Crippen LogP contribution in [-0.4, -0.2) is 30.9 Å². The summed E-state index contributed by atoms with van der Waals surface area (Å²) in [6, 6.07) is 7.67. The summed E-state index contributed by atoms with van der Waals surface area (Å²) in [5.74, 6) is 1.23.